The molecule has 7 heteroatoms. The Balaban J connectivity index is 2.34. The van der Waals surface area contributed by atoms with Crippen molar-refractivity contribution >= 4 is 17.7 Å². The van der Waals surface area contributed by atoms with Crippen molar-refractivity contribution in [3.05, 3.63) is 34.6 Å². The minimum absolute atomic E-state index is 0.318. The lowest BCUT2D eigenvalue weighted by Crippen LogP contribution is -2.17. The molecule has 0 aliphatic carbocycles. The Morgan fingerprint density at radius 1 is 1.59 bits per heavy atom. The Hall–Kier alpha value is -2.44. The van der Waals surface area contributed by atoms with Crippen molar-refractivity contribution in [3.8, 4) is 0 Å². The second-order valence-corrected chi connectivity index (χ2v) is 3.13. The number of rotatable bonds is 3. The third-order valence-electron chi connectivity index (χ3n) is 2.04. The number of carbonyl (C=O) groups is 1. The average Bonchev–Trinajstić information content (AvgIpc) is 2.72. The van der Waals surface area contributed by atoms with Crippen LogP contribution in [0.2, 0.25) is 0 Å². The number of fused-ring (bicyclic) bond motifs is 1. The number of H-pyrrole nitrogens is 1. The quantitative estimate of drug-likeness (QED) is 0.596. The smallest absolute Gasteiger partial charge is 0.369 e. The molecule has 0 bridgehead atoms. The van der Waals surface area contributed by atoms with Crippen LogP contribution in [0.1, 0.15) is 12.5 Å². The van der Waals surface area contributed by atoms with Crippen molar-refractivity contribution in [2.75, 3.05) is 6.61 Å². The first-order chi connectivity index (χ1) is 8.22. The number of aromatic nitrogens is 4. The molecule has 7 nitrogen and oxygen atoms in total. The lowest BCUT2D eigenvalue weighted by atomic mass is 10.3. The van der Waals surface area contributed by atoms with E-state index in [4.69, 9.17) is 4.74 Å². The summed E-state index contributed by atoms with van der Waals surface area (Å²) in [5.41, 5.74) is 0.564. The summed E-state index contributed by atoms with van der Waals surface area (Å²) in [7, 11) is 0. The number of nitrogens with one attached hydrogen (secondary N) is 1. The van der Waals surface area contributed by atoms with E-state index in [1.807, 2.05) is 0 Å². The van der Waals surface area contributed by atoms with Gasteiger partial charge in [0.1, 0.15) is 6.33 Å². The van der Waals surface area contributed by atoms with Crippen molar-refractivity contribution in [1.29, 1.82) is 0 Å². The summed E-state index contributed by atoms with van der Waals surface area (Å²) < 4.78 is 5.92. The molecule has 0 amide bonds. The average molecular weight is 234 g/mol. The molecule has 0 atom stereocenters. The highest BCUT2D eigenvalue weighted by atomic mass is 16.5. The molecule has 88 valence electrons. The van der Waals surface area contributed by atoms with Crippen LogP contribution >= 0.6 is 0 Å². The zero-order valence-corrected chi connectivity index (χ0v) is 9.08. The van der Waals surface area contributed by atoms with Gasteiger partial charge >= 0.3 is 11.7 Å². The second-order valence-electron chi connectivity index (χ2n) is 3.13. The number of aromatic amines is 1. The van der Waals surface area contributed by atoms with Crippen LogP contribution in [0, 0.1) is 0 Å². The van der Waals surface area contributed by atoms with Gasteiger partial charge < -0.3 is 4.74 Å². The number of hydrogen-bond acceptors (Lipinski definition) is 5. The molecule has 0 aliphatic heterocycles. The molecule has 0 saturated carbocycles. The Morgan fingerprint density at radius 2 is 2.41 bits per heavy atom. The van der Waals surface area contributed by atoms with Gasteiger partial charge in [0.05, 0.1) is 6.61 Å². The van der Waals surface area contributed by atoms with E-state index in [-0.39, 0.29) is 0 Å². The molecule has 0 aliphatic rings. The Morgan fingerprint density at radius 3 is 3.18 bits per heavy atom. The van der Waals surface area contributed by atoms with Gasteiger partial charge in [0.15, 0.2) is 5.65 Å². The van der Waals surface area contributed by atoms with Crippen LogP contribution in [0.25, 0.3) is 11.7 Å². The van der Waals surface area contributed by atoms with Crippen LogP contribution in [-0.2, 0) is 9.53 Å². The largest absolute Gasteiger partial charge is 0.463 e. The van der Waals surface area contributed by atoms with E-state index in [0.717, 1.165) is 0 Å². The standard InChI is InChI=1S/C10H10N4O3/c1-2-17-8(15)4-3-7-5-13-14-9(7)11-6-12-10(14)16/h3-6,13H,2H2,1H3. The van der Waals surface area contributed by atoms with Crippen LogP contribution in [0.4, 0.5) is 0 Å². The molecule has 0 saturated heterocycles. The topological polar surface area (TPSA) is 89.4 Å². The van der Waals surface area contributed by atoms with E-state index >= 15 is 0 Å². The van der Waals surface area contributed by atoms with Gasteiger partial charge in [-0.15, -0.1) is 0 Å². The molecule has 17 heavy (non-hydrogen) atoms. The van der Waals surface area contributed by atoms with E-state index in [0.29, 0.717) is 17.8 Å². The van der Waals surface area contributed by atoms with Gasteiger partial charge in [0.25, 0.3) is 0 Å². The highest BCUT2D eigenvalue weighted by Crippen LogP contribution is 2.06. The molecule has 0 radical (unpaired) electrons. The number of hydrogen-bond donors (Lipinski definition) is 1. The van der Waals surface area contributed by atoms with Crippen molar-refractivity contribution < 1.29 is 9.53 Å². The van der Waals surface area contributed by atoms with Crippen LogP contribution in [0.15, 0.2) is 23.4 Å². The Kier molecular flexibility index (Phi) is 2.99. The number of nitrogens with zero attached hydrogens (tertiary/aromatic N) is 3. The van der Waals surface area contributed by atoms with E-state index in [1.54, 1.807) is 13.1 Å². The molecular formula is C10H10N4O3. The first-order valence-electron chi connectivity index (χ1n) is 4.98. The van der Waals surface area contributed by atoms with Gasteiger partial charge in [-0.2, -0.15) is 9.50 Å². The maximum Gasteiger partial charge on any atom is 0.369 e. The van der Waals surface area contributed by atoms with E-state index < -0.39 is 11.7 Å². The normalized spacial score (nSPS) is 11.1. The van der Waals surface area contributed by atoms with Crippen molar-refractivity contribution in [2.45, 2.75) is 6.92 Å². The lowest BCUT2D eigenvalue weighted by molar-refractivity contribution is -0.137. The van der Waals surface area contributed by atoms with Gasteiger partial charge in [-0.05, 0) is 13.0 Å². The van der Waals surface area contributed by atoms with Gasteiger partial charge in [0, 0.05) is 17.8 Å². The summed E-state index contributed by atoms with van der Waals surface area (Å²) in [4.78, 5) is 29.9. The minimum Gasteiger partial charge on any atom is -0.463 e. The summed E-state index contributed by atoms with van der Waals surface area (Å²) in [6, 6.07) is 0. The molecule has 2 aromatic heterocycles. The van der Waals surface area contributed by atoms with Crippen molar-refractivity contribution in [1.82, 2.24) is 19.6 Å². The molecular weight excluding hydrogens is 224 g/mol. The Labute approximate surface area is 95.7 Å². The van der Waals surface area contributed by atoms with Crippen LogP contribution in [0.3, 0.4) is 0 Å². The summed E-state index contributed by atoms with van der Waals surface area (Å²) in [6.45, 7) is 2.04. The fourth-order valence-corrected chi connectivity index (χ4v) is 1.33. The predicted molar refractivity (Wildman–Crippen MR) is 59.3 cm³/mol. The monoisotopic (exact) mass is 234 g/mol. The van der Waals surface area contributed by atoms with Crippen LogP contribution < -0.4 is 5.69 Å². The maximum atomic E-state index is 11.3. The van der Waals surface area contributed by atoms with Crippen molar-refractivity contribution in [2.24, 2.45) is 0 Å². The first kappa shape index (κ1) is 11.1. The summed E-state index contributed by atoms with van der Waals surface area (Å²) in [6.07, 6.45) is 5.53. The number of esters is 1. The third-order valence-corrected chi connectivity index (χ3v) is 2.04. The van der Waals surface area contributed by atoms with E-state index in [1.165, 1.54) is 23.0 Å². The summed E-state index contributed by atoms with van der Waals surface area (Å²) in [5.74, 6) is -0.441. The molecule has 2 aromatic rings. The molecule has 0 unspecified atom stereocenters. The SMILES string of the molecule is CCOC(=O)C=Cc1c[nH]n2c(=O)ncnc12. The molecule has 0 fully saturated rings. The first-order valence-corrected chi connectivity index (χ1v) is 4.98. The molecule has 0 spiro atoms. The second kappa shape index (κ2) is 4.60. The van der Waals surface area contributed by atoms with Crippen LogP contribution in [0.5, 0.6) is 0 Å². The lowest BCUT2D eigenvalue weighted by Gasteiger charge is -1.94. The van der Waals surface area contributed by atoms with Gasteiger partial charge in [-0.1, -0.05) is 0 Å². The summed E-state index contributed by atoms with van der Waals surface area (Å²) >= 11 is 0. The maximum absolute atomic E-state index is 11.3. The van der Waals surface area contributed by atoms with Gasteiger partial charge in [-0.3, -0.25) is 5.10 Å². The highest BCUT2D eigenvalue weighted by molar-refractivity contribution is 5.88. The van der Waals surface area contributed by atoms with Crippen LogP contribution in [-0.4, -0.2) is 32.2 Å². The van der Waals surface area contributed by atoms with Crippen molar-refractivity contribution in [3.63, 3.8) is 0 Å². The zero-order valence-electron chi connectivity index (χ0n) is 9.08. The predicted octanol–water partition coefficient (Wildman–Crippen LogP) is -0.00610. The zero-order chi connectivity index (χ0) is 12.3. The molecule has 2 heterocycles. The third kappa shape index (κ3) is 2.22. The number of ether oxygens (including phenoxy) is 1. The van der Waals surface area contributed by atoms with Gasteiger partial charge in [0.2, 0.25) is 0 Å². The fraction of sp³-hybridized carbons (Fsp3) is 0.200. The fourth-order valence-electron chi connectivity index (χ4n) is 1.33. The molecule has 0 aromatic carbocycles. The molecule has 1 N–H and O–H groups in total. The molecule has 2 rings (SSSR count). The van der Waals surface area contributed by atoms with E-state index in [2.05, 4.69) is 15.1 Å². The van der Waals surface area contributed by atoms with E-state index in [9.17, 15) is 9.59 Å². The summed E-state index contributed by atoms with van der Waals surface area (Å²) in [5, 5.41) is 2.69. The minimum atomic E-state index is -0.453. The highest BCUT2D eigenvalue weighted by Gasteiger charge is 2.04. The Bertz CT molecular complexity index is 626. The number of carbonyl (C=O) groups excluding carboxylic acids is 1. The van der Waals surface area contributed by atoms with Gasteiger partial charge in [-0.25, -0.2) is 14.6 Å².